The van der Waals surface area contributed by atoms with Crippen LogP contribution in [0.5, 0.6) is 5.75 Å². The molecule has 0 bridgehead atoms. The number of sulfonamides is 1. The second-order valence-electron chi connectivity index (χ2n) is 9.26. The normalized spacial score (nSPS) is 12.1. The molecule has 0 aliphatic rings. The van der Waals surface area contributed by atoms with Crippen LogP contribution in [0.4, 0.5) is 5.69 Å². The van der Waals surface area contributed by atoms with E-state index in [1.165, 1.54) is 4.31 Å². The summed E-state index contributed by atoms with van der Waals surface area (Å²) >= 11 is 6.23. The minimum atomic E-state index is -3.60. The van der Waals surface area contributed by atoms with Gasteiger partial charge in [-0.25, -0.2) is 8.42 Å². The van der Waals surface area contributed by atoms with E-state index in [1.807, 2.05) is 38.1 Å². The molecular weight excluding hydrogens is 526 g/mol. The third-order valence-electron chi connectivity index (χ3n) is 6.39. The van der Waals surface area contributed by atoms with Crippen molar-refractivity contribution >= 4 is 39.1 Å². The number of nitrogens with one attached hydrogen (secondary N) is 1. The largest absolute Gasteiger partial charge is 0.497 e. The summed E-state index contributed by atoms with van der Waals surface area (Å²) in [6, 6.07) is 11.8. The number of nitrogens with zero attached hydrogens (tertiary/aromatic N) is 2. The fraction of sp³-hybridized carbons (Fsp3) is 0.500. The summed E-state index contributed by atoms with van der Waals surface area (Å²) in [4.78, 5) is 28.2. The Bertz CT molecular complexity index is 1170. The molecule has 0 aliphatic carbocycles. The van der Waals surface area contributed by atoms with Crippen LogP contribution in [-0.2, 0) is 26.2 Å². The number of halogens is 1. The van der Waals surface area contributed by atoms with Crippen LogP contribution >= 0.6 is 11.6 Å². The molecule has 0 radical (unpaired) electrons. The zero-order chi connectivity index (χ0) is 28.3. The second-order valence-corrected chi connectivity index (χ2v) is 11.6. The van der Waals surface area contributed by atoms with Crippen LogP contribution in [0.15, 0.2) is 42.5 Å². The minimum Gasteiger partial charge on any atom is -0.497 e. The topological polar surface area (TPSA) is 96.0 Å². The molecule has 2 rings (SSSR count). The van der Waals surface area contributed by atoms with Gasteiger partial charge in [-0.2, -0.15) is 0 Å². The summed E-state index contributed by atoms with van der Waals surface area (Å²) in [5.74, 6) is 0.304. The first-order chi connectivity index (χ1) is 18.0. The quantitative estimate of drug-likeness (QED) is 0.309. The number of benzene rings is 2. The number of anilines is 1. The molecule has 0 aromatic heterocycles. The molecule has 0 saturated heterocycles. The van der Waals surface area contributed by atoms with E-state index in [1.54, 1.807) is 37.1 Å². The molecule has 2 aromatic rings. The molecule has 10 heteroatoms. The van der Waals surface area contributed by atoms with E-state index >= 15 is 0 Å². The molecule has 1 atom stereocenters. The van der Waals surface area contributed by atoms with Gasteiger partial charge < -0.3 is 15.0 Å². The Balaban J connectivity index is 2.23. The summed E-state index contributed by atoms with van der Waals surface area (Å²) < 4.78 is 31.7. The number of carbonyl (C=O) groups excluding carboxylic acids is 2. The zero-order valence-electron chi connectivity index (χ0n) is 23.0. The van der Waals surface area contributed by atoms with Crippen LogP contribution in [0.2, 0.25) is 5.02 Å². The fourth-order valence-corrected chi connectivity index (χ4v) is 5.39. The van der Waals surface area contributed by atoms with E-state index < -0.39 is 16.1 Å². The predicted molar refractivity (Wildman–Crippen MR) is 153 cm³/mol. The van der Waals surface area contributed by atoms with Crippen LogP contribution in [0, 0.1) is 6.92 Å². The molecule has 8 nitrogen and oxygen atoms in total. The Morgan fingerprint density at radius 2 is 1.76 bits per heavy atom. The molecule has 0 heterocycles. The molecular formula is C28H40ClN3O5S. The lowest BCUT2D eigenvalue weighted by Gasteiger charge is -2.31. The maximum absolute atomic E-state index is 13.5. The van der Waals surface area contributed by atoms with E-state index in [2.05, 4.69) is 5.32 Å². The van der Waals surface area contributed by atoms with Crippen molar-refractivity contribution in [3.8, 4) is 5.75 Å². The van der Waals surface area contributed by atoms with Crippen LogP contribution in [0.3, 0.4) is 0 Å². The van der Waals surface area contributed by atoms with Gasteiger partial charge >= 0.3 is 0 Å². The van der Waals surface area contributed by atoms with Crippen LogP contribution < -0.4 is 14.4 Å². The summed E-state index contributed by atoms with van der Waals surface area (Å²) in [6.07, 6.45) is 3.77. The first kappa shape index (κ1) is 31.4. The summed E-state index contributed by atoms with van der Waals surface area (Å²) in [5.41, 5.74) is 2.01. The average molecular weight is 566 g/mol. The molecule has 2 amide bonds. The number of rotatable bonds is 15. The van der Waals surface area contributed by atoms with Crippen molar-refractivity contribution in [2.24, 2.45) is 0 Å². The summed E-state index contributed by atoms with van der Waals surface area (Å²) in [5, 5.41) is 3.42. The van der Waals surface area contributed by atoms with Gasteiger partial charge in [0.1, 0.15) is 11.8 Å². The SMILES string of the molecule is CCCCNC(=O)[C@H](CC)N(Cc1ccc(OC)cc1)C(=O)CCCN(c1cccc(Cl)c1C)S(C)(=O)=O. The Labute approximate surface area is 232 Å². The van der Waals surface area contributed by atoms with Crippen molar-refractivity contribution in [3.05, 3.63) is 58.6 Å². The molecule has 0 saturated carbocycles. The Morgan fingerprint density at radius 3 is 2.34 bits per heavy atom. The van der Waals surface area contributed by atoms with Crippen molar-refractivity contribution in [2.75, 3.05) is 30.8 Å². The third-order valence-corrected chi connectivity index (χ3v) is 7.98. The van der Waals surface area contributed by atoms with E-state index in [4.69, 9.17) is 16.3 Å². The monoisotopic (exact) mass is 565 g/mol. The van der Waals surface area contributed by atoms with Gasteiger partial charge in [-0.15, -0.1) is 0 Å². The highest BCUT2D eigenvalue weighted by Crippen LogP contribution is 2.28. The van der Waals surface area contributed by atoms with Gasteiger partial charge in [0, 0.05) is 31.1 Å². The van der Waals surface area contributed by atoms with E-state index in [9.17, 15) is 18.0 Å². The van der Waals surface area contributed by atoms with Gasteiger partial charge in [-0.3, -0.25) is 13.9 Å². The van der Waals surface area contributed by atoms with Gasteiger partial charge in [0.15, 0.2) is 0 Å². The summed E-state index contributed by atoms with van der Waals surface area (Å²) in [6.45, 7) is 6.62. The maximum Gasteiger partial charge on any atom is 0.242 e. The number of methoxy groups -OCH3 is 1. The van der Waals surface area contributed by atoms with Gasteiger partial charge in [0.2, 0.25) is 21.8 Å². The number of carbonyl (C=O) groups is 2. The molecule has 0 spiro atoms. The van der Waals surface area contributed by atoms with Crippen molar-refractivity contribution in [1.82, 2.24) is 10.2 Å². The van der Waals surface area contributed by atoms with Crippen LogP contribution in [0.25, 0.3) is 0 Å². The number of amides is 2. The fourth-order valence-electron chi connectivity index (χ4n) is 4.20. The highest BCUT2D eigenvalue weighted by atomic mass is 35.5. The van der Waals surface area contributed by atoms with Gasteiger partial charge in [0.25, 0.3) is 0 Å². The van der Waals surface area contributed by atoms with Crippen molar-refractivity contribution in [1.29, 1.82) is 0 Å². The zero-order valence-corrected chi connectivity index (χ0v) is 24.6. The third kappa shape index (κ3) is 8.91. The number of unbranched alkanes of at least 4 members (excludes halogenated alkanes) is 1. The molecule has 38 heavy (non-hydrogen) atoms. The van der Waals surface area contributed by atoms with Gasteiger partial charge in [0.05, 0.1) is 19.1 Å². The van der Waals surface area contributed by atoms with E-state index in [0.29, 0.717) is 35.0 Å². The molecule has 210 valence electrons. The van der Waals surface area contributed by atoms with Crippen LogP contribution in [-0.4, -0.2) is 57.6 Å². The first-order valence-electron chi connectivity index (χ1n) is 13.0. The first-order valence-corrected chi connectivity index (χ1v) is 15.2. The van der Waals surface area contributed by atoms with Crippen molar-refractivity contribution < 1.29 is 22.7 Å². The molecule has 0 unspecified atom stereocenters. The number of ether oxygens (including phenoxy) is 1. The van der Waals surface area contributed by atoms with Crippen LogP contribution in [0.1, 0.15) is 57.1 Å². The van der Waals surface area contributed by atoms with Gasteiger partial charge in [-0.05, 0) is 61.6 Å². The number of hydrogen-bond acceptors (Lipinski definition) is 5. The molecule has 1 N–H and O–H groups in total. The lowest BCUT2D eigenvalue weighted by atomic mass is 10.1. The molecule has 0 aliphatic heterocycles. The maximum atomic E-state index is 13.5. The lowest BCUT2D eigenvalue weighted by Crippen LogP contribution is -2.49. The van der Waals surface area contributed by atoms with Gasteiger partial charge in [-0.1, -0.05) is 50.1 Å². The Kier molecular flexibility index (Phi) is 12.4. The minimum absolute atomic E-state index is 0.0839. The van der Waals surface area contributed by atoms with E-state index in [-0.39, 0.29) is 37.7 Å². The predicted octanol–water partition coefficient (Wildman–Crippen LogP) is 4.93. The van der Waals surface area contributed by atoms with E-state index in [0.717, 1.165) is 24.7 Å². The van der Waals surface area contributed by atoms with Crippen molar-refractivity contribution in [2.45, 2.75) is 65.5 Å². The van der Waals surface area contributed by atoms with Crippen molar-refractivity contribution in [3.63, 3.8) is 0 Å². The molecule has 0 fully saturated rings. The second kappa shape index (κ2) is 15.0. The molecule has 2 aromatic carbocycles. The standard InChI is InChI=1S/C28H40ClN3O5S/c1-6-8-18-30-28(34)25(7-2)31(20-22-14-16-23(37-4)17-15-22)27(33)13-10-19-32(38(5,35)36)26-12-9-11-24(29)21(26)3/h9,11-12,14-17,25H,6-8,10,13,18-20H2,1-5H3,(H,30,34)/t25-/m0/s1. The smallest absolute Gasteiger partial charge is 0.242 e. The summed E-state index contributed by atoms with van der Waals surface area (Å²) in [7, 11) is -2.02. The Hall–Kier alpha value is -2.78. The lowest BCUT2D eigenvalue weighted by molar-refractivity contribution is -0.141. The average Bonchev–Trinajstić information content (AvgIpc) is 2.88. The highest BCUT2D eigenvalue weighted by molar-refractivity contribution is 7.92. The Morgan fingerprint density at radius 1 is 1.08 bits per heavy atom. The number of hydrogen-bond donors (Lipinski definition) is 1. The highest BCUT2D eigenvalue weighted by Gasteiger charge is 2.29.